The zero-order chi connectivity index (χ0) is 16.3. The van der Waals surface area contributed by atoms with Gasteiger partial charge in [-0.2, -0.15) is 0 Å². The van der Waals surface area contributed by atoms with Gasteiger partial charge in [0.1, 0.15) is 17.0 Å². The van der Waals surface area contributed by atoms with Crippen LogP contribution in [0.25, 0.3) is 11.3 Å². The summed E-state index contributed by atoms with van der Waals surface area (Å²) >= 11 is 6.16. The molecule has 0 saturated carbocycles. The molecule has 1 aromatic heterocycles. The summed E-state index contributed by atoms with van der Waals surface area (Å²) in [5.41, 5.74) is 6.97. The van der Waals surface area contributed by atoms with E-state index in [4.69, 9.17) is 21.9 Å². The summed E-state index contributed by atoms with van der Waals surface area (Å²) in [5.74, 6) is -0.00829. The maximum atomic E-state index is 12.4. The number of hydrogen-bond donors (Lipinski definition) is 2. The second-order valence-corrected chi connectivity index (χ2v) is 5.41. The Kier molecular flexibility index (Phi) is 4.82. The van der Waals surface area contributed by atoms with E-state index < -0.39 is 5.91 Å². The number of nitrogens with two attached hydrogens (primary N) is 1. The van der Waals surface area contributed by atoms with Crippen molar-refractivity contribution in [2.45, 2.75) is 26.8 Å². The predicted octanol–water partition coefficient (Wildman–Crippen LogP) is 2.76. The molecule has 22 heavy (non-hydrogen) atoms. The average Bonchev–Trinajstić information content (AvgIpc) is 2.80. The van der Waals surface area contributed by atoms with Crippen molar-refractivity contribution in [3.8, 4) is 11.3 Å². The lowest BCUT2D eigenvalue weighted by Gasteiger charge is -2.07. The minimum atomic E-state index is -0.435. The third kappa shape index (κ3) is 3.46. The topological polar surface area (TPSA) is 93.5 Å². The lowest BCUT2D eigenvalue weighted by molar-refractivity contribution is 0.0975. The molecule has 1 heterocycles. The molecule has 3 N–H and O–H groups in total. The van der Waals surface area contributed by atoms with Crippen molar-refractivity contribution in [2.24, 2.45) is 10.7 Å². The van der Waals surface area contributed by atoms with Crippen LogP contribution in [-0.2, 0) is 0 Å². The number of halogens is 1. The minimum absolute atomic E-state index is 0.0214. The van der Waals surface area contributed by atoms with Crippen LogP contribution in [0, 0.1) is 6.92 Å². The molecule has 7 heteroatoms. The molecule has 0 aliphatic heterocycles. The normalized spacial score (nSPS) is 11.8. The molecular formula is C15H17ClN4O2. The Labute approximate surface area is 133 Å². The van der Waals surface area contributed by atoms with Gasteiger partial charge in [-0.15, -0.1) is 0 Å². The molecule has 0 aliphatic carbocycles. The van der Waals surface area contributed by atoms with Crippen molar-refractivity contribution in [1.82, 2.24) is 10.5 Å². The summed E-state index contributed by atoms with van der Waals surface area (Å²) < 4.78 is 5.14. The third-order valence-corrected chi connectivity index (χ3v) is 3.19. The van der Waals surface area contributed by atoms with Crippen molar-refractivity contribution in [3.63, 3.8) is 0 Å². The zero-order valence-corrected chi connectivity index (χ0v) is 13.3. The highest BCUT2D eigenvalue weighted by Gasteiger charge is 2.23. The Morgan fingerprint density at radius 1 is 1.41 bits per heavy atom. The van der Waals surface area contributed by atoms with Gasteiger partial charge in [-0.3, -0.25) is 15.1 Å². The molecule has 0 unspecified atom stereocenters. The molecule has 0 saturated heterocycles. The zero-order valence-electron chi connectivity index (χ0n) is 12.6. The quantitative estimate of drug-likeness (QED) is 0.671. The van der Waals surface area contributed by atoms with Crippen molar-refractivity contribution in [1.29, 1.82) is 0 Å². The predicted molar refractivity (Wildman–Crippen MR) is 85.9 cm³/mol. The highest BCUT2D eigenvalue weighted by Crippen LogP contribution is 2.30. The molecule has 0 radical (unpaired) electrons. The summed E-state index contributed by atoms with van der Waals surface area (Å²) in [6, 6.07) is 7.07. The summed E-state index contributed by atoms with van der Waals surface area (Å²) in [4.78, 5) is 16.5. The number of aromatic nitrogens is 1. The molecule has 1 amide bonds. The number of aryl methyl sites for hydroxylation is 1. The molecule has 0 fully saturated rings. The Morgan fingerprint density at radius 2 is 2.09 bits per heavy atom. The van der Waals surface area contributed by atoms with Crippen molar-refractivity contribution in [2.75, 3.05) is 0 Å². The first-order valence-corrected chi connectivity index (χ1v) is 7.13. The molecule has 6 nitrogen and oxygen atoms in total. The minimum Gasteiger partial charge on any atom is -0.370 e. The lowest BCUT2D eigenvalue weighted by atomic mass is 10.1. The van der Waals surface area contributed by atoms with Gasteiger partial charge < -0.3 is 10.3 Å². The second-order valence-electron chi connectivity index (χ2n) is 5.00. The first-order valence-electron chi connectivity index (χ1n) is 6.76. The maximum Gasteiger partial charge on any atom is 0.263 e. The Bertz CT molecular complexity index is 722. The molecule has 0 atom stereocenters. The van der Waals surface area contributed by atoms with E-state index in [1.54, 1.807) is 25.1 Å². The van der Waals surface area contributed by atoms with Gasteiger partial charge in [-0.25, -0.2) is 0 Å². The fourth-order valence-electron chi connectivity index (χ4n) is 1.97. The van der Waals surface area contributed by atoms with Crippen molar-refractivity contribution in [3.05, 3.63) is 40.6 Å². The highest BCUT2D eigenvalue weighted by molar-refractivity contribution is 6.33. The van der Waals surface area contributed by atoms with E-state index in [0.717, 1.165) is 0 Å². The van der Waals surface area contributed by atoms with Gasteiger partial charge in [-0.1, -0.05) is 35.0 Å². The van der Waals surface area contributed by atoms with Gasteiger partial charge in [0, 0.05) is 11.6 Å². The van der Waals surface area contributed by atoms with Crippen LogP contribution in [0.2, 0.25) is 5.02 Å². The molecule has 0 aliphatic rings. The van der Waals surface area contributed by atoms with E-state index in [-0.39, 0.29) is 17.6 Å². The number of amides is 1. The molecule has 1 aromatic carbocycles. The largest absolute Gasteiger partial charge is 0.370 e. The van der Waals surface area contributed by atoms with Gasteiger partial charge >= 0.3 is 0 Å². The van der Waals surface area contributed by atoms with Crippen LogP contribution in [-0.4, -0.2) is 23.1 Å². The molecule has 116 valence electrons. The van der Waals surface area contributed by atoms with Crippen LogP contribution in [0.15, 0.2) is 33.8 Å². The lowest BCUT2D eigenvalue weighted by Crippen LogP contribution is -2.37. The fourth-order valence-corrected chi connectivity index (χ4v) is 2.19. The first-order chi connectivity index (χ1) is 10.4. The molecular weight excluding hydrogens is 304 g/mol. The second kappa shape index (κ2) is 6.62. The monoisotopic (exact) mass is 320 g/mol. The number of aliphatic imine (C=N–C) groups is 1. The maximum absolute atomic E-state index is 12.4. The van der Waals surface area contributed by atoms with Crippen LogP contribution in [0.4, 0.5) is 0 Å². The van der Waals surface area contributed by atoms with E-state index in [1.807, 2.05) is 19.9 Å². The number of carbonyl (C=O) groups excluding carboxylic acids is 1. The van der Waals surface area contributed by atoms with Crippen molar-refractivity contribution >= 4 is 23.5 Å². The van der Waals surface area contributed by atoms with Gasteiger partial charge in [0.2, 0.25) is 0 Å². The molecule has 2 rings (SSSR count). The van der Waals surface area contributed by atoms with E-state index in [2.05, 4.69) is 15.5 Å². The van der Waals surface area contributed by atoms with Crippen molar-refractivity contribution < 1.29 is 9.32 Å². The third-order valence-electron chi connectivity index (χ3n) is 2.86. The molecule has 2 aromatic rings. The molecule has 0 bridgehead atoms. The highest BCUT2D eigenvalue weighted by atomic mass is 35.5. The number of carbonyl (C=O) groups is 1. The van der Waals surface area contributed by atoms with Crippen LogP contribution < -0.4 is 11.1 Å². The van der Waals surface area contributed by atoms with E-state index in [9.17, 15) is 4.79 Å². The Hall–Kier alpha value is -2.34. The van der Waals surface area contributed by atoms with Gasteiger partial charge in [0.05, 0.1) is 5.02 Å². The Morgan fingerprint density at radius 3 is 2.73 bits per heavy atom. The SMILES string of the molecule is Cc1onc(-c2ccccc2Cl)c1C(=O)NC(N)=NC(C)C. The van der Waals surface area contributed by atoms with E-state index >= 15 is 0 Å². The number of benzene rings is 1. The van der Waals surface area contributed by atoms with Gasteiger partial charge in [-0.05, 0) is 26.8 Å². The first kappa shape index (κ1) is 16.0. The number of guanidine groups is 1. The average molecular weight is 321 g/mol. The van der Waals surface area contributed by atoms with Crippen LogP contribution in [0.3, 0.4) is 0 Å². The number of rotatable bonds is 3. The number of nitrogens with one attached hydrogen (secondary N) is 1. The van der Waals surface area contributed by atoms with Gasteiger partial charge in [0.25, 0.3) is 5.91 Å². The van der Waals surface area contributed by atoms with Gasteiger partial charge in [0.15, 0.2) is 5.96 Å². The molecule has 0 spiro atoms. The summed E-state index contributed by atoms with van der Waals surface area (Å²) in [6.45, 7) is 5.37. The summed E-state index contributed by atoms with van der Waals surface area (Å²) in [6.07, 6.45) is 0. The van der Waals surface area contributed by atoms with E-state index in [1.165, 1.54) is 0 Å². The van der Waals surface area contributed by atoms with Crippen LogP contribution in [0.5, 0.6) is 0 Å². The fraction of sp³-hybridized carbons (Fsp3) is 0.267. The number of nitrogens with zero attached hydrogens (tertiary/aromatic N) is 2. The van der Waals surface area contributed by atoms with Crippen LogP contribution >= 0.6 is 11.6 Å². The van der Waals surface area contributed by atoms with Crippen LogP contribution in [0.1, 0.15) is 30.0 Å². The van der Waals surface area contributed by atoms with E-state index in [0.29, 0.717) is 22.0 Å². The standard InChI is InChI=1S/C15H17ClN4O2/c1-8(2)18-15(17)19-14(21)12-9(3)22-20-13(12)10-6-4-5-7-11(10)16/h4-8H,1-3H3,(H3,17,18,19,21). The number of hydrogen-bond acceptors (Lipinski definition) is 4. The smallest absolute Gasteiger partial charge is 0.263 e. The summed E-state index contributed by atoms with van der Waals surface area (Å²) in [5, 5.41) is 6.95. The Balaban J connectivity index is 2.39. The summed E-state index contributed by atoms with van der Waals surface area (Å²) in [7, 11) is 0.